The van der Waals surface area contributed by atoms with Crippen molar-refractivity contribution in [2.75, 3.05) is 12.3 Å². The van der Waals surface area contributed by atoms with E-state index >= 15 is 0 Å². The quantitative estimate of drug-likeness (QED) is 0.806. The number of amides is 1. The molecule has 0 bridgehead atoms. The molecule has 116 valence electrons. The van der Waals surface area contributed by atoms with Gasteiger partial charge in [0, 0.05) is 12.6 Å². The molecule has 0 aliphatic carbocycles. The summed E-state index contributed by atoms with van der Waals surface area (Å²) < 4.78 is 38.6. The Hall–Kier alpha value is -1.72. The number of benzene rings is 1. The second-order valence-corrected chi connectivity index (χ2v) is 5.75. The van der Waals surface area contributed by atoms with Gasteiger partial charge in [-0.1, -0.05) is 13.0 Å². The van der Waals surface area contributed by atoms with Crippen LogP contribution in [0.1, 0.15) is 42.6 Å². The molecule has 3 nitrogen and oxygen atoms in total. The molecule has 1 amide bonds. The number of likely N-dealkylation sites (tertiary alicyclic amines) is 1. The summed E-state index contributed by atoms with van der Waals surface area (Å²) in [5.41, 5.74) is 4.09. The summed E-state index contributed by atoms with van der Waals surface area (Å²) in [4.78, 5) is 14.2. The van der Waals surface area contributed by atoms with Crippen LogP contribution in [0, 0.1) is 5.92 Å². The van der Waals surface area contributed by atoms with Crippen LogP contribution in [-0.4, -0.2) is 23.4 Å². The fourth-order valence-corrected chi connectivity index (χ4v) is 2.73. The number of nitrogens with zero attached hydrogens (tertiary/aromatic N) is 1. The Morgan fingerprint density at radius 3 is 2.57 bits per heavy atom. The molecule has 1 aromatic carbocycles. The number of nitrogens with two attached hydrogens (primary N) is 1. The zero-order valence-electron chi connectivity index (χ0n) is 12.1. The number of nitrogen functional groups attached to an aromatic ring is 1. The summed E-state index contributed by atoms with van der Waals surface area (Å²) in [5.74, 6) is -0.0742. The zero-order valence-corrected chi connectivity index (χ0v) is 12.1. The predicted octanol–water partition coefficient (Wildman–Crippen LogP) is 3.55. The summed E-state index contributed by atoms with van der Waals surface area (Å²) in [6.45, 7) is 4.49. The zero-order chi connectivity index (χ0) is 15.8. The number of carbonyl (C=O) groups excluding carboxylic acids is 1. The first-order valence-electron chi connectivity index (χ1n) is 6.98. The van der Waals surface area contributed by atoms with Crippen LogP contribution < -0.4 is 5.73 Å². The van der Waals surface area contributed by atoms with Crippen molar-refractivity contribution in [3.63, 3.8) is 0 Å². The highest BCUT2D eigenvalue weighted by Crippen LogP contribution is 2.36. The van der Waals surface area contributed by atoms with Gasteiger partial charge in [-0.3, -0.25) is 4.79 Å². The SMILES string of the molecule is CC1CCC(C)N(C(=O)c2cccc(C(F)(F)F)c2N)C1. The van der Waals surface area contributed by atoms with Crippen molar-refractivity contribution in [2.24, 2.45) is 5.92 Å². The third-order valence-corrected chi connectivity index (χ3v) is 4.02. The van der Waals surface area contributed by atoms with Crippen molar-refractivity contribution in [3.8, 4) is 0 Å². The molecule has 0 radical (unpaired) electrons. The highest BCUT2D eigenvalue weighted by Gasteiger charge is 2.36. The van der Waals surface area contributed by atoms with E-state index in [2.05, 4.69) is 0 Å². The summed E-state index contributed by atoms with van der Waals surface area (Å²) in [6, 6.07) is 3.50. The Labute approximate surface area is 121 Å². The van der Waals surface area contributed by atoms with Gasteiger partial charge in [-0.05, 0) is 37.8 Å². The summed E-state index contributed by atoms with van der Waals surface area (Å²) in [7, 11) is 0. The molecule has 0 aromatic heterocycles. The lowest BCUT2D eigenvalue weighted by atomic mass is 9.94. The predicted molar refractivity (Wildman–Crippen MR) is 74.8 cm³/mol. The maximum absolute atomic E-state index is 12.9. The Bertz CT molecular complexity index is 542. The maximum atomic E-state index is 12.9. The van der Waals surface area contributed by atoms with Crippen LogP contribution in [0.3, 0.4) is 0 Å². The van der Waals surface area contributed by atoms with Crippen LogP contribution in [-0.2, 0) is 6.18 Å². The molecule has 0 spiro atoms. The van der Waals surface area contributed by atoms with E-state index in [4.69, 9.17) is 5.73 Å². The van der Waals surface area contributed by atoms with Crippen LogP contribution >= 0.6 is 0 Å². The lowest BCUT2D eigenvalue weighted by Gasteiger charge is -2.37. The minimum Gasteiger partial charge on any atom is -0.398 e. The maximum Gasteiger partial charge on any atom is 0.418 e. The van der Waals surface area contributed by atoms with Gasteiger partial charge < -0.3 is 10.6 Å². The number of halogens is 3. The first-order chi connectivity index (χ1) is 9.71. The summed E-state index contributed by atoms with van der Waals surface area (Å²) in [5, 5.41) is 0. The first kappa shape index (κ1) is 15.7. The van der Waals surface area contributed by atoms with Crippen LogP contribution in [0.15, 0.2) is 18.2 Å². The lowest BCUT2D eigenvalue weighted by molar-refractivity contribution is -0.136. The molecular weight excluding hydrogens is 281 g/mol. The Balaban J connectivity index is 2.35. The highest BCUT2D eigenvalue weighted by molar-refractivity contribution is 6.00. The normalized spacial score (nSPS) is 23.2. The third-order valence-electron chi connectivity index (χ3n) is 4.02. The summed E-state index contributed by atoms with van der Waals surface area (Å²) in [6.07, 6.45) is -2.68. The van der Waals surface area contributed by atoms with Gasteiger partial charge in [0.05, 0.1) is 16.8 Å². The molecule has 1 saturated heterocycles. The molecule has 1 fully saturated rings. The van der Waals surface area contributed by atoms with Crippen molar-refractivity contribution >= 4 is 11.6 Å². The van der Waals surface area contributed by atoms with Crippen molar-refractivity contribution < 1.29 is 18.0 Å². The molecule has 1 heterocycles. The van der Waals surface area contributed by atoms with E-state index < -0.39 is 23.3 Å². The molecule has 1 aliphatic rings. The number of piperidine rings is 1. The molecule has 2 atom stereocenters. The molecule has 1 aromatic rings. The minimum absolute atomic E-state index is 0.0163. The van der Waals surface area contributed by atoms with Crippen LogP contribution in [0.2, 0.25) is 0 Å². The second kappa shape index (κ2) is 5.58. The van der Waals surface area contributed by atoms with Crippen LogP contribution in [0.5, 0.6) is 0 Å². The van der Waals surface area contributed by atoms with Crippen molar-refractivity contribution in [1.29, 1.82) is 0 Å². The third kappa shape index (κ3) is 3.14. The van der Waals surface area contributed by atoms with Gasteiger partial charge in [-0.25, -0.2) is 0 Å². The number of para-hydroxylation sites is 1. The number of hydrogen-bond donors (Lipinski definition) is 1. The van der Waals surface area contributed by atoms with Crippen LogP contribution in [0.25, 0.3) is 0 Å². The smallest absolute Gasteiger partial charge is 0.398 e. The fourth-order valence-electron chi connectivity index (χ4n) is 2.73. The van der Waals surface area contributed by atoms with Gasteiger partial charge in [-0.15, -0.1) is 0 Å². The van der Waals surface area contributed by atoms with E-state index in [1.54, 1.807) is 4.90 Å². The van der Waals surface area contributed by atoms with Gasteiger partial charge in [0.1, 0.15) is 0 Å². The summed E-state index contributed by atoms with van der Waals surface area (Å²) >= 11 is 0. The molecular formula is C15H19F3N2O. The highest BCUT2D eigenvalue weighted by atomic mass is 19.4. The van der Waals surface area contributed by atoms with Gasteiger partial charge in [-0.2, -0.15) is 13.2 Å². The largest absolute Gasteiger partial charge is 0.418 e. The lowest BCUT2D eigenvalue weighted by Crippen LogP contribution is -2.45. The van der Waals surface area contributed by atoms with Crippen molar-refractivity contribution in [1.82, 2.24) is 4.90 Å². The molecule has 2 unspecified atom stereocenters. The van der Waals surface area contributed by atoms with E-state index in [1.165, 1.54) is 12.1 Å². The molecule has 1 aliphatic heterocycles. The number of alkyl halides is 3. The standard InChI is InChI=1S/C15H19F3N2O/c1-9-6-7-10(2)20(8-9)14(21)11-4-3-5-12(13(11)19)15(16,17)18/h3-5,9-10H,6-8,19H2,1-2H3. The molecule has 2 rings (SSSR count). The average Bonchev–Trinajstić information content (AvgIpc) is 2.39. The Morgan fingerprint density at radius 1 is 1.29 bits per heavy atom. The Morgan fingerprint density at radius 2 is 1.95 bits per heavy atom. The van der Waals surface area contributed by atoms with E-state index in [1.807, 2.05) is 13.8 Å². The number of anilines is 1. The molecule has 21 heavy (non-hydrogen) atoms. The van der Waals surface area contributed by atoms with Gasteiger partial charge in [0.2, 0.25) is 0 Å². The fraction of sp³-hybridized carbons (Fsp3) is 0.533. The van der Waals surface area contributed by atoms with Crippen molar-refractivity contribution in [2.45, 2.75) is 38.9 Å². The Kier molecular flexibility index (Phi) is 4.16. The van der Waals surface area contributed by atoms with Crippen molar-refractivity contribution in [3.05, 3.63) is 29.3 Å². The number of rotatable bonds is 1. The average molecular weight is 300 g/mol. The van der Waals surface area contributed by atoms with Gasteiger partial charge >= 0.3 is 6.18 Å². The molecule has 6 heteroatoms. The van der Waals surface area contributed by atoms with Crippen LogP contribution in [0.4, 0.5) is 18.9 Å². The number of hydrogen-bond acceptors (Lipinski definition) is 2. The van der Waals surface area contributed by atoms with E-state index in [0.29, 0.717) is 12.5 Å². The second-order valence-electron chi connectivity index (χ2n) is 5.75. The van der Waals surface area contributed by atoms with E-state index in [9.17, 15) is 18.0 Å². The first-order valence-corrected chi connectivity index (χ1v) is 6.98. The number of carbonyl (C=O) groups is 1. The molecule has 0 saturated carbocycles. The minimum atomic E-state index is -4.55. The van der Waals surface area contributed by atoms with E-state index in [-0.39, 0.29) is 11.6 Å². The molecule has 2 N–H and O–H groups in total. The van der Waals surface area contributed by atoms with Gasteiger partial charge in [0.25, 0.3) is 5.91 Å². The topological polar surface area (TPSA) is 46.3 Å². The monoisotopic (exact) mass is 300 g/mol. The van der Waals surface area contributed by atoms with E-state index in [0.717, 1.165) is 18.9 Å². The van der Waals surface area contributed by atoms with Gasteiger partial charge in [0.15, 0.2) is 0 Å².